The van der Waals surface area contributed by atoms with Gasteiger partial charge in [-0.15, -0.1) is 0 Å². The van der Waals surface area contributed by atoms with Crippen LogP contribution in [0.1, 0.15) is 59.3 Å². The van der Waals surface area contributed by atoms with Crippen LogP contribution in [0, 0.1) is 29.1 Å². The quantitative estimate of drug-likeness (QED) is 0.721. The summed E-state index contributed by atoms with van der Waals surface area (Å²) in [5.41, 5.74) is 4.86. The lowest BCUT2D eigenvalue weighted by molar-refractivity contribution is -0.161. The van der Waals surface area contributed by atoms with Gasteiger partial charge in [0.15, 0.2) is 0 Å². The molecule has 2 N–H and O–H groups in total. The molecule has 0 aromatic carbocycles. The van der Waals surface area contributed by atoms with E-state index in [2.05, 4.69) is 0 Å². The van der Waals surface area contributed by atoms with Crippen LogP contribution in [0.25, 0.3) is 0 Å². The molecule has 3 amide bonds. The highest BCUT2D eigenvalue weighted by atomic mass is 16.6. The third-order valence-corrected chi connectivity index (χ3v) is 8.38. The fourth-order valence-corrected chi connectivity index (χ4v) is 7.32. The molecular formula is C23H35N3O5. The summed E-state index contributed by atoms with van der Waals surface area (Å²) in [6.07, 6.45) is 4.67. The summed E-state index contributed by atoms with van der Waals surface area (Å²) in [7, 11) is 0. The van der Waals surface area contributed by atoms with Gasteiger partial charge in [-0.3, -0.25) is 4.79 Å². The average Bonchev–Trinajstić information content (AvgIpc) is 3.23. The zero-order chi connectivity index (χ0) is 22.1. The number of amides is 3. The van der Waals surface area contributed by atoms with Crippen LogP contribution >= 0.6 is 0 Å². The molecule has 6 unspecified atom stereocenters. The standard InChI is InChI=1S/C23H35N3O5/c1-22(2,3)31-21(29)26-5-4-14-11-25(12-17(14)26)20(28)30-18-15-6-13-7-16(18)10-23(8-13,9-15)19(24)27/h13-18H,4-12H2,1-3H3,(H2,24,27)/t13?,14?,15-,16?,17?,18?,23?/m0/s1. The van der Waals surface area contributed by atoms with Crippen LogP contribution in [0.4, 0.5) is 9.59 Å². The Hall–Kier alpha value is -1.99. The molecule has 4 saturated carbocycles. The molecule has 4 bridgehead atoms. The van der Waals surface area contributed by atoms with Crippen LogP contribution in [-0.2, 0) is 14.3 Å². The van der Waals surface area contributed by atoms with Gasteiger partial charge in [0.2, 0.25) is 5.91 Å². The van der Waals surface area contributed by atoms with Gasteiger partial charge in [0.25, 0.3) is 0 Å². The van der Waals surface area contributed by atoms with Crippen molar-refractivity contribution in [2.75, 3.05) is 19.6 Å². The predicted molar refractivity (Wildman–Crippen MR) is 112 cm³/mol. The van der Waals surface area contributed by atoms with Gasteiger partial charge >= 0.3 is 12.2 Å². The number of nitrogens with zero attached hydrogens (tertiary/aromatic N) is 2. The third kappa shape index (κ3) is 3.55. The Bertz CT molecular complexity index is 777. The second kappa shape index (κ2) is 7.01. The summed E-state index contributed by atoms with van der Waals surface area (Å²) >= 11 is 0. The van der Waals surface area contributed by atoms with Crippen molar-refractivity contribution in [3.05, 3.63) is 0 Å². The van der Waals surface area contributed by atoms with Crippen LogP contribution in [0.2, 0.25) is 0 Å². The van der Waals surface area contributed by atoms with E-state index in [-0.39, 0.29) is 53.4 Å². The minimum absolute atomic E-state index is 0.000897. The molecular weight excluding hydrogens is 398 g/mol. The van der Waals surface area contributed by atoms with Gasteiger partial charge in [0.1, 0.15) is 11.7 Å². The van der Waals surface area contributed by atoms with Gasteiger partial charge < -0.3 is 25.0 Å². The smallest absolute Gasteiger partial charge is 0.410 e. The third-order valence-electron chi connectivity index (χ3n) is 8.38. The van der Waals surface area contributed by atoms with Crippen molar-refractivity contribution in [2.45, 2.75) is 77.0 Å². The zero-order valence-corrected chi connectivity index (χ0v) is 18.8. The van der Waals surface area contributed by atoms with Crippen LogP contribution in [0.5, 0.6) is 0 Å². The number of likely N-dealkylation sites (tertiary alicyclic amines) is 2. The fraction of sp³-hybridized carbons (Fsp3) is 0.870. The first-order valence-electron chi connectivity index (χ1n) is 11.8. The van der Waals surface area contributed by atoms with E-state index >= 15 is 0 Å². The van der Waals surface area contributed by atoms with Gasteiger partial charge in [-0.2, -0.15) is 0 Å². The Labute approximate surface area is 183 Å². The lowest BCUT2D eigenvalue weighted by Crippen LogP contribution is -2.59. The predicted octanol–water partition coefficient (Wildman–Crippen LogP) is 2.74. The summed E-state index contributed by atoms with van der Waals surface area (Å²) in [4.78, 5) is 41.3. The Kier molecular flexibility index (Phi) is 4.72. The molecule has 0 radical (unpaired) electrons. The van der Waals surface area contributed by atoms with Crippen molar-refractivity contribution >= 4 is 18.1 Å². The van der Waals surface area contributed by atoms with E-state index in [0.29, 0.717) is 25.6 Å². The van der Waals surface area contributed by atoms with Gasteiger partial charge in [-0.1, -0.05) is 0 Å². The molecule has 7 atom stereocenters. The number of primary amides is 1. The van der Waals surface area contributed by atoms with Crippen molar-refractivity contribution < 1.29 is 23.9 Å². The summed E-state index contributed by atoms with van der Waals surface area (Å²) < 4.78 is 11.6. The largest absolute Gasteiger partial charge is 0.446 e. The Balaban J connectivity index is 1.21. The average molecular weight is 434 g/mol. The van der Waals surface area contributed by atoms with Crippen molar-refractivity contribution in [2.24, 2.45) is 34.8 Å². The Morgan fingerprint density at radius 1 is 0.968 bits per heavy atom. The van der Waals surface area contributed by atoms with E-state index in [4.69, 9.17) is 15.2 Å². The fourth-order valence-electron chi connectivity index (χ4n) is 7.32. The molecule has 2 saturated heterocycles. The van der Waals surface area contributed by atoms with Crippen molar-refractivity contribution in [1.82, 2.24) is 9.80 Å². The molecule has 8 heteroatoms. The first-order chi connectivity index (χ1) is 14.5. The minimum atomic E-state index is -0.534. The van der Waals surface area contributed by atoms with E-state index in [1.165, 1.54) is 0 Å². The first-order valence-corrected chi connectivity index (χ1v) is 11.8. The Morgan fingerprint density at radius 2 is 1.65 bits per heavy atom. The monoisotopic (exact) mass is 433 g/mol. The summed E-state index contributed by atoms with van der Waals surface area (Å²) in [6.45, 7) is 7.40. The van der Waals surface area contributed by atoms with Gasteiger partial charge in [0, 0.05) is 25.6 Å². The lowest BCUT2D eigenvalue weighted by Gasteiger charge is -2.58. The number of ether oxygens (including phenoxy) is 2. The molecule has 2 aliphatic heterocycles. The Morgan fingerprint density at radius 3 is 2.26 bits per heavy atom. The van der Waals surface area contributed by atoms with E-state index in [1.807, 2.05) is 20.8 Å². The van der Waals surface area contributed by atoms with Gasteiger partial charge in [-0.25, -0.2) is 9.59 Å². The van der Waals surface area contributed by atoms with E-state index in [0.717, 1.165) is 38.5 Å². The number of carbonyl (C=O) groups excluding carboxylic acids is 3. The second-order valence-electron chi connectivity index (χ2n) is 11.7. The molecule has 2 heterocycles. The molecule has 172 valence electrons. The van der Waals surface area contributed by atoms with Crippen LogP contribution in [0.3, 0.4) is 0 Å². The number of fused-ring (bicyclic) bond motifs is 1. The van der Waals surface area contributed by atoms with E-state index in [1.54, 1.807) is 9.80 Å². The highest BCUT2D eigenvalue weighted by Crippen LogP contribution is 2.60. The normalized spacial score (nSPS) is 40.7. The molecule has 0 aromatic rings. The van der Waals surface area contributed by atoms with Gasteiger partial charge in [0.05, 0.1) is 11.5 Å². The number of hydrogen-bond acceptors (Lipinski definition) is 5. The zero-order valence-electron chi connectivity index (χ0n) is 18.8. The van der Waals surface area contributed by atoms with Crippen molar-refractivity contribution in [1.29, 1.82) is 0 Å². The molecule has 6 rings (SSSR count). The van der Waals surface area contributed by atoms with Crippen LogP contribution < -0.4 is 5.73 Å². The second-order valence-corrected chi connectivity index (χ2v) is 11.7. The summed E-state index contributed by atoms with van der Waals surface area (Å²) in [5, 5.41) is 0. The molecule has 6 aliphatic rings. The number of rotatable bonds is 2. The lowest BCUT2D eigenvalue weighted by atomic mass is 9.48. The van der Waals surface area contributed by atoms with Crippen molar-refractivity contribution in [3.8, 4) is 0 Å². The van der Waals surface area contributed by atoms with Crippen LogP contribution in [0.15, 0.2) is 0 Å². The maximum Gasteiger partial charge on any atom is 0.410 e. The molecule has 8 nitrogen and oxygen atoms in total. The van der Waals surface area contributed by atoms with E-state index in [9.17, 15) is 14.4 Å². The molecule has 6 fully saturated rings. The highest BCUT2D eigenvalue weighted by molar-refractivity contribution is 5.81. The molecule has 0 spiro atoms. The highest BCUT2D eigenvalue weighted by Gasteiger charge is 2.59. The molecule has 0 aromatic heterocycles. The summed E-state index contributed by atoms with van der Waals surface area (Å²) in [6, 6.07) is -0.000897. The van der Waals surface area contributed by atoms with Gasteiger partial charge in [-0.05, 0) is 77.0 Å². The number of hydrogen-bond donors (Lipinski definition) is 1. The topological polar surface area (TPSA) is 102 Å². The van der Waals surface area contributed by atoms with Crippen molar-refractivity contribution in [3.63, 3.8) is 0 Å². The molecule has 4 aliphatic carbocycles. The minimum Gasteiger partial charge on any atom is -0.446 e. The van der Waals surface area contributed by atoms with E-state index < -0.39 is 5.60 Å². The number of carbonyl (C=O) groups is 3. The SMILES string of the molecule is CC(C)(C)OC(=O)N1CCC2CN(C(=O)OC3C4CC5C[C@H]3CC(C(N)=O)(C5)C4)CC21. The molecule has 31 heavy (non-hydrogen) atoms. The van der Waals surface area contributed by atoms with Crippen LogP contribution in [-0.4, -0.2) is 65.3 Å². The number of nitrogens with two attached hydrogens (primary N) is 1. The first kappa shape index (κ1) is 20.9. The maximum atomic E-state index is 13.1. The summed E-state index contributed by atoms with van der Waals surface area (Å²) in [5.74, 6) is 1.11. The maximum absolute atomic E-state index is 13.1.